The summed E-state index contributed by atoms with van der Waals surface area (Å²) in [6.45, 7) is -3.43. The van der Waals surface area contributed by atoms with E-state index in [2.05, 4.69) is 4.98 Å². The monoisotopic (exact) mass is 573 g/mol. The average molecular weight is 574 g/mol. The smallest absolute Gasteiger partial charge is 0.114 e. The topological polar surface area (TPSA) is 17.8 Å². The van der Waals surface area contributed by atoms with Gasteiger partial charge in [-0.25, -0.2) is 4.98 Å². The fourth-order valence-corrected chi connectivity index (χ4v) is 5.30. The molecule has 0 aliphatic carbocycles. The first-order valence-electron chi connectivity index (χ1n) is 24.4. The molecular weight excluding hydrogens is 520 g/mol. The third-order valence-electron chi connectivity index (χ3n) is 7.04. The molecule has 0 bridgehead atoms. The summed E-state index contributed by atoms with van der Waals surface area (Å²) >= 11 is 0. The van der Waals surface area contributed by atoms with Gasteiger partial charge >= 0.3 is 0 Å². The van der Waals surface area contributed by atoms with Crippen LogP contribution in [-0.4, -0.2) is 9.55 Å². The van der Waals surface area contributed by atoms with Gasteiger partial charge in [-0.05, 0) is 74.5 Å². The molecule has 0 fully saturated rings. The number of para-hydroxylation sites is 2. The Hall–Kier alpha value is -5.47. The van der Waals surface area contributed by atoms with Gasteiger partial charge in [0.25, 0.3) is 0 Å². The maximum Gasteiger partial charge on any atom is 0.114 e. The molecule has 0 spiro atoms. The fraction of sp³-hybridized carbons (Fsp3) is 0.0488. The summed E-state index contributed by atoms with van der Waals surface area (Å²) in [5.41, 5.74) is -2.57. The standard InChI is InChI=1S/C41H30N2/c1-2-39-42-37-23-13-14-24-38(37)43(39)41-35-21-11-9-19-33(35)40(34-20-10-12-22-36(34)41)32-26-30(28-15-5-3-6-16-28)25-31(27-32)29-17-7-4-8-18-29/h3-27H,2H2,1H3/i1D3,2D2,3D,4D,5D,6D,7D,8D,9D,10D,11D,12D,15D,16D,17D,18D,19D,20D,21D,22D. The highest BCUT2D eigenvalue weighted by Crippen LogP contribution is 2.44. The second-order valence-electron chi connectivity index (χ2n) is 9.41. The number of aryl methyl sites for hydroxylation is 1. The quantitative estimate of drug-likeness (QED) is 0.187. The fourth-order valence-electron chi connectivity index (χ4n) is 5.30. The minimum absolute atomic E-state index is 0.00209. The minimum Gasteiger partial charge on any atom is -0.295 e. The van der Waals surface area contributed by atoms with E-state index in [9.17, 15) is 5.48 Å². The number of hydrogen-bond donors (Lipinski definition) is 0. The molecule has 204 valence electrons. The number of rotatable bonds is 5. The van der Waals surface area contributed by atoms with Gasteiger partial charge < -0.3 is 0 Å². The molecular formula is C41H30N2. The molecule has 0 amide bonds. The van der Waals surface area contributed by atoms with Crippen LogP contribution in [0.25, 0.3) is 71.6 Å². The normalized spacial score (nSPS) is 19.7. The lowest BCUT2D eigenvalue weighted by atomic mass is 9.87. The van der Waals surface area contributed by atoms with E-state index in [0.29, 0.717) is 0 Å². The molecule has 2 nitrogen and oxygen atoms in total. The van der Waals surface area contributed by atoms with Gasteiger partial charge in [0.2, 0.25) is 0 Å². The highest BCUT2D eigenvalue weighted by atomic mass is 15.1. The van der Waals surface area contributed by atoms with Gasteiger partial charge in [0.15, 0.2) is 0 Å². The Balaban J connectivity index is 1.72. The van der Waals surface area contributed by atoms with Crippen LogP contribution in [0.5, 0.6) is 0 Å². The third-order valence-corrected chi connectivity index (χ3v) is 7.04. The molecule has 8 aromatic rings. The molecule has 7 aromatic carbocycles. The van der Waals surface area contributed by atoms with E-state index in [1.807, 2.05) is 0 Å². The van der Waals surface area contributed by atoms with Crippen molar-refractivity contribution in [2.24, 2.45) is 0 Å². The first-order chi connectivity index (χ1) is 30.7. The Labute approximate surface area is 283 Å². The Kier molecular flexibility index (Phi) is 2.66. The number of nitrogens with zero attached hydrogens (tertiary/aromatic N) is 2. The van der Waals surface area contributed by atoms with Gasteiger partial charge in [-0.2, -0.15) is 0 Å². The summed E-state index contributed by atoms with van der Waals surface area (Å²) in [7, 11) is 0. The Morgan fingerprint density at radius 2 is 1.12 bits per heavy atom. The van der Waals surface area contributed by atoms with Crippen molar-refractivity contribution in [1.29, 1.82) is 0 Å². The zero-order chi connectivity index (χ0) is 48.7. The molecule has 0 atom stereocenters. The highest BCUT2D eigenvalue weighted by molar-refractivity contribution is 6.19. The lowest BCUT2D eigenvalue weighted by Gasteiger charge is -2.20. The molecule has 0 unspecified atom stereocenters. The molecule has 0 aliphatic rings. The van der Waals surface area contributed by atoms with Gasteiger partial charge in [-0.1, -0.05) is 128 Å². The number of benzene rings is 7. The van der Waals surface area contributed by atoms with Crippen LogP contribution in [0.3, 0.4) is 0 Å². The number of imidazole rings is 1. The molecule has 8 rings (SSSR count). The van der Waals surface area contributed by atoms with Crippen molar-refractivity contribution in [1.82, 2.24) is 9.55 Å². The Morgan fingerprint density at radius 1 is 0.605 bits per heavy atom. The van der Waals surface area contributed by atoms with Crippen LogP contribution in [0, 0.1) is 0 Å². The average Bonchev–Trinajstić information content (AvgIpc) is 3.67. The molecule has 2 heteroatoms. The van der Waals surface area contributed by atoms with Crippen molar-refractivity contribution in [3.63, 3.8) is 0 Å². The summed E-state index contributed by atoms with van der Waals surface area (Å²) in [5, 5.41) is -2.01. The zero-order valence-electron chi connectivity index (χ0n) is 44.9. The second-order valence-corrected chi connectivity index (χ2v) is 9.41. The lowest BCUT2D eigenvalue weighted by molar-refractivity contribution is 0.917. The molecule has 0 N–H and O–H groups in total. The van der Waals surface area contributed by atoms with Crippen molar-refractivity contribution >= 4 is 32.6 Å². The van der Waals surface area contributed by atoms with Gasteiger partial charge in [-0.15, -0.1) is 0 Å². The van der Waals surface area contributed by atoms with E-state index in [1.54, 1.807) is 0 Å². The molecule has 0 saturated heterocycles. The van der Waals surface area contributed by atoms with E-state index in [-0.39, 0.29) is 27.7 Å². The van der Waals surface area contributed by atoms with E-state index in [0.717, 1.165) is 4.57 Å². The highest BCUT2D eigenvalue weighted by Gasteiger charge is 2.21. The summed E-state index contributed by atoms with van der Waals surface area (Å²) in [6.07, 6.45) is -3.32. The van der Waals surface area contributed by atoms with Crippen LogP contribution < -0.4 is 0 Å². The van der Waals surface area contributed by atoms with Crippen molar-refractivity contribution < 1.29 is 31.5 Å². The molecule has 0 saturated carbocycles. The first kappa shape index (κ1) is 11.0. The number of hydrogen-bond acceptors (Lipinski definition) is 1. The zero-order valence-corrected chi connectivity index (χ0v) is 21.9. The summed E-state index contributed by atoms with van der Waals surface area (Å²) in [5.74, 6) is -0.814. The Morgan fingerprint density at radius 3 is 1.70 bits per heavy atom. The number of fused-ring (bicyclic) bond motifs is 3. The van der Waals surface area contributed by atoms with Crippen molar-refractivity contribution in [2.45, 2.75) is 13.2 Å². The van der Waals surface area contributed by atoms with Crippen LogP contribution in [0.4, 0.5) is 0 Å². The van der Waals surface area contributed by atoms with Gasteiger partial charge in [0, 0.05) is 24.0 Å². The van der Waals surface area contributed by atoms with Crippen molar-refractivity contribution in [2.75, 3.05) is 0 Å². The van der Waals surface area contributed by atoms with E-state index in [1.165, 1.54) is 42.5 Å². The molecule has 0 radical (unpaired) electrons. The van der Waals surface area contributed by atoms with E-state index < -0.39 is 172 Å². The largest absolute Gasteiger partial charge is 0.295 e. The SMILES string of the molecule is [2H]c1c([2H])c([2H])c(-c2cc(-c3c([2H])c([2H])c([2H])c([2H])c3[2H])cc(-c3c4c([2H])c([2H])c([2H])c([2H])c4c(-n4c(C([2H])([2H])C([2H])([2H])[2H])nc5ccccc54)c4c([2H])c([2H])c([2H])c([2H])c34)c2)c([2H])c1[2H]. The minimum atomic E-state index is -3.43. The summed E-state index contributed by atoms with van der Waals surface area (Å²) in [6, 6.07) is -4.88. The maximum absolute atomic E-state index is 9.47. The predicted molar refractivity (Wildman–Crippen MR) is 182 cm³/mol. The van der Waals surface area contributed by atoms with Crippen LogP contribution in [0.1, 0.15) is 44.2 Å². The van der Waals surface area contributed by atoms with Crippen LogP contribution in [0.2, 0.25) is 0 Å². The maximum atomic E-state index is 9.47. The van der Waals surface area contributed by atoms with E-state index >= 15 is 0 Å². The van der Waals surface area contributed by atoms with Gasteiger partial charge in [0.05, 0.1) is 41.4 Å². The first-order valence-corrected chi connectivity index (χ1v) is 12.9. The second kappa shape index (κ2) is 10.4. The Bertz CT molecular complexity index is 3250. The van der Waals surface area contributed by atoms with Crippen LogP contribution in [0.15, 0.2) is 151 Å². The summed E-state index contributed by atoms with van der Waals surface area (Å²) < 4.78 is 203. The molecule has 0 aliphatic heterocycles. The van der Waals surface area contributed by atoms with Gasteiger partial charge in [0.1, 0.15) is 5.82 Å². The predicted octanol–water partition coefficient (Wildman–Crippen LogP) is 10.9. The number of aromatic nitrogens is 2. The molecule has 1 aromatic heterocycles. The lowest BCUT2D eigenvalue weighted by Crippen LogP contribution is -2.03. The van der Waals surface area contributed by atoms with E-state index in [4.69, 9.17) is 26.0 Å². The van der Waals surface area contributed by atoms with Gasteiger partial charge in [-0.3, -0.25) is 4.57 Å². The molecule has 43 heavy (non-hydrogen) atoms. The van der Waals surface area contributed by atoms with Crippen molar-refractivity contribution in [3.8, 4) is 39.1 Å². The van der Waals surface area contributed by atoms with Crippen LogP contribution >= 0.6 is 0 Å². The summed E-state index contributed by atoms with van der Waals surface area (Å²) in [4.78, 5) is 4.35. The third kappa shape index (κ3) is 4.23. The van der Waals surface area contributed by atoms with Crippen molar-refractivity contribution in [3.05, 3.63) is 157 Å². The molecule has 1 heterocycles. The van der Waals surface area contributed by atoms with Crippen LogP contribution in [-0.2, 0) is 6.37 Å².